The summed E-state index contributed by atoms with van der Waals surface area (Å²) in [6, 6.07) is 0. The molecule has 0 aromatic heterocycles. The van der Waals surface area contributed by atoms with Crippen molar-refractivity contribution in [2.45, 2.75) is 13.8 Å². The number of nitrogens with zero attached hydrogens (tertiary/aromatic N) is 2. The second kappa shape index (κ2) is 8.87. The fourth-order valence-electron chi connectivity index (χ4n) is 1.67. The van der Waals surface area contributed by atoms with Crippen LogP contribution in [-0.2, 0) is 14.3 Å². The van der Waals surface area contributed by atoms with E-state index < -0.39 is 0 Å². The van der Waals surface area contributed by atoms with Crippen molar-refractivity contribution < 1.29 is 14.3 Å². The van der Waals surface area contributed by atoms with E-state index in [1.54, 1.807) is 21.2 Å². The Labute approximate surface area is 115 Å². The van der Waals surface area contributed by atoms with E-state index in [9.17, 15) is 9.59 Å². The summed E-state index contributed by atoms with van der Waals surface area (Å²) >= 11 is 0. The van der Waals surface area contributed by atoms with Gasteiger partial charge in [0, 0.05) is 34.3 Å². The third-order valence-corrected chi connectivity index (χ3v) is 3.08. The minimum absolute atomic E-state index is 0.0679. The van der Waals surface area contributed by atoms with Gasteiger partial charge in [0.25, 0.3) is 0 Å². The Morgan fingerprint density at radius 3 is 2.21 bits per heavy atom. The number of carbonyl (C=O) groups excluding carboxylic acids is 2. The molecule has 6 nitrogen and oxygen atoms in total. The molecule has 6 heteroatoms. The molecular formula is C13H27N3O3. The molecule has 0 aromatic carbocycles. The molecule has 0 aliphatic heterocycles. The molecule has 0 heterocycles. The van der Waals surface area contributed by atoms with Crippen LogP contribution in [0, 0.1) is 11.8 Å². The molecule has 112 valence electrons. The normalized spacial score (nSPS) is 12.4. The second-order valence-electron chi connectivity index (χ2n) is 5.13. The Balaban J connectivity index is 4.81. The van der Waals surface area contributed by atoms with Gasteiger partial charge in [-0.05, 0) is 5.92 Å². The predicted molar refractivity (Wildman–Crippen MR) is 74.5 cm³/mol. The molecule has 0 saturated heterocycles. The van der Waals surface area contributed by atoms with E-state index in [1.165, 1.54) is 9.80 Å². The Bertz CT molecular complexity index is 293. The highest BCUT2D eigenvalue weighted by atomic mass is 16.5. The van der Waals surface area contributed by atoms with E-state index in [-0.39, 0.29) is 36.7 Å². The molecule has 2 N–H and O–H groups in total. The van der Waals surface area contributed by atoms with Crippen LogP contribution in [0.2, 0.25) is 0 Å². The number of carbonyl (C=O) groups is 2. The number of nitrogens with two attached hydrogens (primary N) is 1. The van der Waals surface area contributed by atoms with Crippen LogP contribution in [0.15, 0.2) is 0 Å². The van der Waals surface area contributed by atoms with Gasteiger partial charge in [-0.2, -0.15) is 0 Å². The molecule has 0 rings (SSSR count). The van der Waals surface area contributed by atoms with Gasteiger partial charge < -0.3 is 20.3 Å². The maximum atomic E-state index is 12.4. The Morgan fingerprint density at radius 2 is 1.84 bits per heavy atom. The number of ether oxygens (including phenoxy) is 1. The van der Waals surface area contributed by atoms with E-state index >= 15 is 0 Å². The van der Waals surface area contributed by atoms with Crippen LogP contribution >= 0.6 is 0 Å². The molecule has 0 radical (unpaired) electrons. The summed E-state index contributed by atoms with van der Waals surface area (Å²) in [6.07, 6.45) is 0. The molecule has 1 unspecified atom stereocenters. The number of hydrogen-bond donors (Lipinski definition) is 1. The lowest BCUT2D eigenvalue weighted by molar-refractivity contribution is -0.143. The summed E-state index contributed by atoms with van der Waals surface area (Å²) in [5.41, 5.74) is 5.66. The van der Waals surface area contributed by atoms with E-state index in [1.807, 2.05) is 13.8 Å². The van der Waals surface area contributed by atoms with Gasteiger partial charge in [-0.1, -0.05) is 13.8 Å². The van der Waals surface area contributed by atoms with Gasteiger partial charge in [0.2, 0.25) is 11.8 Å². The quantitative estimate of drug-likeness (QED) is 0.663. The van der Waals surface area contributed by atoms with Crippen molar-refractivity contribution in [3.8, 4) is 0 Å². The predicted octanol–water partition coefficient (Wildman–Crippen LogP) is -0.219. The fourth-order valence-corrected chi connectivity index (χ4v) is 1.67. The average molecular weight is 273 g/mol. The Morgan fingerprint density at radius 1 is 1.26 bits per heavy atom. The largest absolute Gasteiger partial charge is 0.383 e. The Kier molecular flexibility index (Phi) is 8.34. The van der Waals surface area contributed by atoms with Crippen LogP contribution in [0.25, 0.3) is 0 Å². The Hall–Kier alpha value is -1.14. The molecule has 0 fully saturated rings. The monoisotopic (exact) mass is 273 g/mol. The molecule has 0 aliphatic carbocycles. The number of amides is 2. The highest BCUT2D eigenvalue weighted by molar-refractivity contribution is 5.86. The van der Waals surface area contributed by atoms with Gasteiger partial charge >= 0.3 is 0 Å². The summed E-state index contributed by atoms with van der Waals surface area (Å²) in [7, 11) is 4.91. The van der Waals surface area contributed by atoms with Crippen molar-refractivity contribution in [1.29, 1.82) is 0 Å². The molecule has 0 spiro atoms. The van der Waals surface area contributed by atoms with Crippen LogP contribution in [0.5, 0.6) is 0 Å². The maximum Gasteiger partial charge on any atom is 0.241 e. The molecule has 0 saturated carbocycles. The number of likely N-dealkylation sites (N-methyl/N-ethyl adjacent to an activating group) is 1. The third-order valence-electron chi connectivity index (χ3n) is 3.08. The van der Waals surface area contributed by atoms with E-state index in [0.29, 0.717) is 13.2 Å². The zero-order valence-corrected chi connectivity index (χ0v) is 12.7. The van der Waals surface area contributed by atoms with Crippen LogP contribution in [0.1, 0.15) is 13.8 Å². The molecule has 0 aliphatic rings. The van der Waals surface area contributed by atoms with Gasteiger partial charge in [0.15, 0.2) is 0 Å². The van der Waals surface area contributed by atoms with Crippen LogP contribution in [-0.4, -0.2) is 69.1 Å². The van der Waals surface area contributed by atoms with Gasteiger partial charge in [-0.15, -0.1) is 0 Å². The number of hydrogen-bond acceptors (Lipinski definition) is 4. The molecule has 1 atom stereocenters. The van der Waals surface area contributed by atoms with Crippen molar-refractivity contribution in [3.63, 3.8) is 0 Å². The summed E-state index contributed by atoms with van der Waals surface area (Å²) in [5.74, 6) is -0.294. The summed E-state index contributed by atoms with van der Waals surface area (Å²) < 4.78 is 4.99. The van der Waals surface area contributed by atoms with Gasteiger partial charge in [0.1, 0.15) is 0 Å². The summed E-state index contributed by atoms with van der Waals surface area (Å²) in [4.78, 5) is 27.2. The van der Waals surface area contributed by atoms with Crippen LogP contribution < -0.4 is 5.73 Å². The highest BCUT2D eigenvalue weighted by Crippen LogP contribution is 2.13. The molecule has 19 heavy (non-hydrogen) atoms. The highest BCUT2D eigenvalue weighted by Gasteiger charge is 2.27. The maximum absolute atomic E-state index is 12.4. The smallest absolute Gasteiger partial charge is 0.241 e. The lowest BCUT2D eigenvalue weighted by Crippen LogP contribution is -2.47. The van der Waals surface area contributed by atoms with Gasteiger partial charge in [-0.3, -0.25) is 9.59 Å². The minimum atomic E-state index is -0.258. The van der Waals surface area contributed by atoms with E-state index in [2.05, 4.69) is 0 Å². The number of methoxy groups -OCH3 is 1. The molecule has 0 aromatic rings. The van der Waals surface area contributed by atoms with Crippen molar-refractivity contribution in [2.75, 3.05) is 47.4 Å². The summed E-state index contributed by atoms with van der Waals surface area (Å²) in [5, 5.41) is 0. The molecule has 2 amide bonds. The first-order chi connectivity index (χ1) is 8.84. The zero-order chi connectivity index (χ0) is 15.0. The van der Waals surface area contributed by atoms with Gasteiger partial charge in [-0.25, -0.2) is 0 Å². The zero-order valence-electron chi connectivity index (χ0n) is 12.7. The topological polar surface area (TPSA) is 75.9 Å². The van der Waals surface area contributed by atoms with Crippen molar-refractivity contribution in [3.05, 3.63) is 0 Å². The van der Waals surface area contributed by atoms with Crippen molar-refractivity contribution in [2.24, 2.45) is 17.6 Å². The number of rotatable bonds is 8. The molecule has 0 bridgehead atoms. The van der Waals surface area contributed by atoms with Gasteiger partial charge in [0.05, 0.1) is 19.1 Å². The first-order valence-electron chi connectivity index (χ1n) is 6.53. The average Bonchev–Trinajstić information content (AvgIpc) is 2.34. The standard InChI is InChI=1S/C13H27N3O3/c1-10(2)11(8-14)13(18)16(6-7-19-5)9-12(17)15(3)4/h10-11H,6-9,14H2,1-5H3. The SMILES string of the molecule is COCCN(CC(=O)N(C)C)C(=O)C(CN)C(C)C. The van der Waals surface area contributed by atoms with Crippen LogP contribution in [0.3, 0.4) is 0 Å². The van der Waals surface area contributed by atoms with Crippen LogP contribution in [0.4, 0.5) is 0 Å². The fraction of sp³-hybridized carbons (Fsp3) is 0.846. The first kappa shape index (κ1) is 17.9. The lowest BCUT2D eigenvalue weighted by atomic mass is 9.94. The van der Waals surface area contributed by atoms with E-state index in [4.69, 9.17) is 10.5 Å². The second-order valence-corrected chi connectivity index (χ2v) is 5.13. The van der Waals surface area contributed by atoms with Crippen molar-refractivity contribution >= 4 is 11.8 Å². The first-order valence-corrected chi connectivity index (χ1v) is 6.53. The van der Waals surface area contributed by atoms with Crippen molar-refractivity contribution in [1.82, 2.24) is 9.80 Å². The van der Waals surface area contributed by atoms with E-state index in [0.717, 1.165) is 0 Å². The third kappa shape index (κ3) is 6.02. The summed E-state index contributed by atoms with van der Waals surface area (Å²) in [6.45, 7) is 5.07. The lowest BCUT2D eigenvalue weighted by Gasteiger charge is -2.28. The minimum Gasteiger partial charge on any atom is -0.383 e. The molecular weight excluding hydrogens is 246 g/mol.